The van der Waals surface area contributed by atoms with E-state index in [1.807, 2.05) is 11.8 Å². The maximum Gasteiger partial charge on any atom is 0.0438 e. The van der Waals surface area contributed by atoms with Crippen LogP contribution in [0.3, 0.4) is 0 Å². The van der Waals surface area contributed by atoms with Crippen LogP contribution in [0.15, 0.2) is 30.3 Å². The molecule has 2 N–H and O–H groups in total. The normalized spacial score (nSPS) is 10.7. The molecular weight excluding hydrogens is 242 g/mol. The molecule has 0 heterocycles. The second-order valence-electron chi connectivity index (χ2n) is 4.38. The molecule has 0 radical (unpaired) electrons. The van der Waals surface area contributed by atoms with Crippen molar-refractivity contribution in [1.29, 1.82) is 0 Å². The quantitative estimate of drug-likeness (QED) is 0.605. The van der Waals surface area contributed by atoms with Gasteiger partial charge in [-0.3, -0.25) is 0 Å². The van der Waals surface area contributed by atoms with Gasteiger partial charge in [-0.2, -0.15) is 11.8 Å². The summed E-state index contributed by atoms with van der Waals surface area (Å²) in [6.45, 7) is 2.52. The summed E-state index contributed by atoms with van der Waals surface area (Å²) in [5.41, 5.74) is 1.44. The van der Waals surface area contributed by atoms with Gasteiger partial charge in [-0.15, -0.1) is 0 Å². The first-order valence-electron chi connectivity index (χ1n) is 6.86. The van der Waals surface area contributed by atoms with E-state index < -0.39 is 0 Å². The van der Waals surface area contributed by atoms with Crippen LogP contribution >= 0.6 is 11.8 Å². The number of hydrogen-bond donors (Lipinski definition) is 2. The predicted octanol–water partition coefficient (Wildman–Crippen LogP) is 2.71. The summed E-state index contributed by atoms with van der Waals surface area (Å²) in [5, 5.41) is 12.1. The SMILES string of the molecule is OCCCSCCNCCCCc1ccccc1. The predicted molar refractivity (Wildman–Crippen MR) is 81.3 cm³/mol. The van der Waals surface area contributed by atoms with Crippen molar-refractivity contribution in [2.75, 3.05) is 31.2 Å². The van der Waals surface area contributed by atoms with Crippen molar-refractivity contribution in [3.63, 3.8) is 0 Å². The molecule has 0 aromatic heterocycles. The molecule has 18 heavy (non-hydrogen) atoms. The molecule has 2 nitrogen and oxygen atoms in total. The van der Waals surface area contributed by atoms with Gasteiger partial charge in [0.05, 0.1) is 0 Å². The van der Waals surface area contributed by atoms with Crippen molar-refractivity contribution < 1.29 is 5.11 Å². The monoisotopic (exact) mass is 267 g/mol. The Kier molecular flexibility index (Phi) is 10.00. The van der Waals surface area contributed by atoms with Gasteiger partial charge in [0.15, 0.2) is 0 Å². The first-order chi connectivity index (χ1) is 8.93. The summed E-state index contributed by atoms with van der Waals surface area (Å²) in [5.74, 6) is 2.23. The molecule has 0 saturated heterocycles. The van der Waals surface area contributed by atoms with E-state index in [-0.39, 0.29) is 0 Å². The molecule has 0 aliphatic carbocycles. The van der Waals surface area contributed by atoms with Crippen LogP contribution in [0.5, 0.6) is 0 Å². The van der Waals surface area contributed by atoms with Gasteiger partial charge < -0.3 is 10.4 Å². The molecule has 1 aromatic carbocycles. The van der Waals surface area contributed by atoms with Gasteiger partial charge in [-0.05, 0) is 43.5 Å². The van der Waals surface area contributed by atoms with E-state index in [1.165, 1.54) is 24.8 Å². The second-order valence-corrected chi connectivity index (χ2v) is 5.61. The van der Waals surface area contributed by atoms with Crippen molar-refractivity contribution >= 4 is 11.8 Å². The molecule has 0 aliphatic rings. The van der Waals surface area contributed by atoms with E-state index in [0.29, 0.717) is 6.61 Å². The van der Waals surface area contributed by atoms with Gasteiger partial charge >= 0.3 is 0 Å². The Morgan fingerprint density at radius 2 is 1.78 bits per heavy atom. The molecule has 3 heteroatoms. The minimum absolute atomic E-state index is 0.319. The lowest BCUT2D eigenvalue weighted by molar-refractivity contribution is 0.296. The summed E-state index contributed by atoms with van der Waals surface area (Å²) in [7, 11) is 0. The van der Waals surface area contributed by atoms with Crippen LogP contribution < -0.4 is 5.32 Å². The number of thioether (sulfide) groups is 1. The summed E-state index contributed by atoms with van der Waals surface area (Å²) in [6, 6.07) is 10.7. The van der Waals surface area contributed by atoms with Crippen LogP contribution in [-0.2, 0) is 6.42 Å². The van der Waals surface area contributed by atoms with Crippen LogP contribution in [0.4, 0.5) is 0 Å². The number of aliphatic hydroxyl groups excluding tert-OH is 1. The number of benzene rings is 1. The first kappa shape index (κ1) is 15.5. The highest BCUT2D eigenvalue weighted by atomic mass is 32.2. The Labute approximate surface area is 115 Å². The Bertz CT molecular complexity index is 279. The lowest BCUT2D eigenvalue weighted by atomic mass is 10.1. The molecule has 0 unspecified atom stereocenters. The van der Waals surface area contributed by atoms with E-state index in [0.717, 1.165) is 31.0 Å². The van der Waals surface area contributed by atoms with Crippen LogP contribution in [0.25, 0.3) is 0 Å². The first-order valence-corrected chi connectivity index (χ1v) is 8.02. The third-order valence-corrected chi connectivity index (χ3v) is 3.85. The van der Waals surface area contributed by atoms with Crippen molar-refractivity contribution in [3.8, 4) is 0 Å². The Balaban J connectivity index is 1.82. The zero-order valence-corrected chi connectivity index (χ0v) is 11.9. The van der Waals surface area contributed by atoms with E-state index in [4.69, 9.17) is 5.11 Å². The van der Waals surface area contributed by atoms with Crippen molar-refractivity contribution in [2.45, 2.75) is 25.7 Å². The Morgan fingerprint density at radius 1 is 0.944 bits per heavy atom. The number of nitrogens with one attached hydrogen (secondary N) is 1. The zero-order valence-electron chi connectivity index (χ0n) is 11.1. The molecule has 0 fully saturated rings. The van der Waals surface area contributed by atoms with Crippen molar-refractivity contribution in [3.05, 3.63) is 35.9 Å². The molecule has 0 aliphatic heterocycles. The molecule has 102 valence electrons. The van der Waals surface area contributed by atoms with Crippen molar-refractivity contribution in [1.82, 2.24) is 5.32 Å². The molecule has 0 atom stereocenters. The van der Waals surface area contributed by atoms with E-state index in [9.17, 15) is 0 Å². The molecule has 1 rings (SSSR count). The Morgan fingerprint density at radius 3 is 2.56 bits per heavy atom. The number of unbranched alkanes of at least 4 members (excludes halogenated alkanes) is 1. The minimum Gasteiger partial charge on any atom is -0.396 e. The summed E-state index contributed by atoms with van der Waals surface area (Å²) in [6.07, 6.45) is 4.61. The molecular formula is C15H25NOS. The minimum atomic E-state index is 0.319. The van der Waals surface area contributed by atoms with Crippen LogP contribution in [-0.4, -0.2) is 36.3 Å². The summed E-state index contributed by atoms with van der Waals surface area (Å²) >= 11 is 1.92. The average molecular weight is 267 g/mol. The molecule has 0 spiro atoms. The topological polar surface area (TPSA) is 32.3 Å². The van der Waals surface area contributed by atoms with Crippen LogP contribution in [0, 0.1) is 0 Å². The lowest BCUT2D eigenvalue weighted by Gasteiger charge is -2.05. The summed E-state index contributed by atoms with van der Waals surface area (Å²) in [4.78, 5) is 0. The standard InChI is InChI=1S/C15H25NOS/c17-12-6-13-18-14-11-16-10-5-4-9-15-7-2-1-3-8-15/h1-3,7-8,16-17H,4-6,9-14H2. The maximum absolute atomic E-state index is 8.63. The van der Waals surface area contributed by atoms with Gasteiger partial charge in [0.2, 0.25) is 0 Å². The zero-order chi connectivity index (χ0) is 12.9. The fourth-order valence-corrected chi connectivity index (χ4v) is 2.59. The highest BCUT2D eigenvalue weighted by molar-refractivity contribution is 7.99. The van der Waals surface area contributed by atoms with Crippen LogP contribution in [0.1, 0.15) is 24.8 Å². The van der Waals surface area contributed by atoms with Crippen LogP contribution in [0.2, 0.25) is 0 Å². The highest BCUT2D eigenvalue weighted by Crippen LogP contribution is 2.04. The third-order valence-electron chi connectivity index (χ3n) is 2.78. The highest BCUT2D eigenvalue weighted by Gasteiger charge is 1.93. The molecule has 1 aromatic rings. The summed E-state index contributed by atoms with van der Waals surface area (Å²) < 4.78 is 0. The van der Waals surface area contributed by atoms with Gasteiger partial charge in [0.1, 0.15) is 0 Å². The third kappa shape index (κ3) is 8.56. The molecule has 0 saturated carbocycles. The maximum atomic E-state index is 8.63. The molecule has 0 amide bonds. The van der Waals surface area contributed by atoms with Gasteiger partial charge in [0, 0.05) is 18.9 Å². The number of hydrogen-bond acceptors (Lipinski definition) is 3. The van der Waals surface area contributed by atoms with Gasteiger partial charge in [0.25, 0.3) is 0 Å². The fraction of sp³-hybridized carbons (Fsp3) is 0.600. The van der Waals surface area contributed by atoms with E-state index in [1.54, 1.807) is 0 Å². The number of aryl methyl sites for hydroxylation is 1. The number of rotatable bonds is 11. The Hall–Kier alpha value is -0.510. The van der Waals surface area contributed by atoms with Gasteiger partial charge in [-0.25, -0.2) is 0 Å². The number of aliphatic hydroxyl groups is 1. The largest absolute Gasteiger partial charge is 0.396 e. The second kappa shape index (κ2) is 11.6. The smallest absolute Gasteiger partial charge is 0.0438 e. The average Bonchev–Trinajstić information content (AvgIpc) is 2.42. The lowest BCUT2D eigenvalue weighted by Crippen LogP contribution is -2.18. The van der Waals surface area contributed by atoms with Gasteiger partial charge in [-0.1, -0.05) is 30.3 Å². The van der Waals surface area contributed by atoms with E-state index >= 15 is 0 Å². The molecule has 0 bridgehead atoms. The fourth-order valence-electron chi connectivity index (χ4n) is 1.76. The van der Waals surface area contributed by atoms with E-state index in [2.05, 4.69) is 35.6 Å². The van der Waals surface area contributed by atoms with Crippen molar-refractivity contribution in [2.24, 2.45) is 0 Å².